The second kappa shape index (κ2) is 3.69. The van der Waals surface area contributed by atoms with Crippen molar-refractivity contribution in [2.45, 2.75) is 25.1 Å². The third-order valence-corrected chi connectivity index (χ3v) is 4.79. The van der Waals surface area contributed by atoms with Crippen LogP contribution in [-0.2, 0) is 4.84 Å². The number of hydroxylamine groups is 3. The zero-order valence-corrected chi connectivity index (χ0v) is 11.3. The average Bonchev–Trinajstić information content (AvgIpc) is 3.15. The molecule has 1 fully saturated rings. The minimum absolute atomic E-state index is 0.242. The summed E-state index contributed by atoms with van der Waals surface area (Å²) in [5.74, 6) is 0.418. The van der Waals surface area contributed by atoms with Gasteiger partial charge in [0, 0.05) is 0 Å². The van der Waals surface area contributed by atoms with Crippen LogP contribution in [0.1, 0.15) is 35.8 Å². The van der Waals surface area contributed by atoms with Crippen molar-refractivity contribution in [2.75, 3.05) is 7.05 Å². The summed E-state index contributed by atoms with van der Waals surface area (Å²) in [6, 6.07) is 20.0. The van der Waals surface area contributed by atoms with Crippen molar-refractivity contribution >= 4 is 0 Å². The van der Waals surface area contributed by atoms with Gasteiger partial charge in [0.2, 0.25) is 0 Å². The van der Waals surface area contributed by atoms with E-state index in [4.69, 9.17) is 4.84 Å². The smallest absolute Gasteiger partial charge is 0.139 e. The highest BCUT2D eigenvalue weighted by Gasteiger charge is 2.66. The van der Waals surface area contributed by atoms with Gasteiger partial charge in [0.15, 0.2) is 0 Å². The predicted molar refractivity (Wildman–Crippen MR) is 74.2 cm³/mol. The summed E-state index contributed by atoms with van der Waals surface area (Å²) >= 11 is 0. The second-order valence-corrected chi connectivity index (χ2v) is 5.77. The molecule has 2 aromatic rings. The Morgan fingerprint density at radius 3 is 2.26 bits per heavy atom. The van der Waals surface area contributed by atoms with Crippen LogP contribution in [0, 0.1) is 0 Å². The molecule has 2 aliphatic rings. The Bertz CT molecular complexity index is 624. The molecule has 0 bridgehead atoms. The van der Waals surface area contributed by atoms with Gasteiger partial charge in [-0.1, -0.05) is 48.5 Å². The number of rotatable bonds is 1. The molecule has 1 unspecified atom stereocenters. The van der Waals surface area contributed by atoms with Gasteiger partial charge in [-0.3, -0.25) is 0 Å². The fraction of sp³-hybridized carbons (Fsp3) is 0.294. The second-order valence-electron chi connectivity index (χ2n) is 5.77. The van der Waals surface area contributed by atoms with Gasteiger partial charge in [-0.15, -0.1) is 9.48 Å². The Morgan fingerprint density at radius 1 is 0.895 bits per heavy atom. The molecule has 1 saturated heterocycles. The Hall–Kier alpha value is -1.64. The monoisotopic (exact) mass is 252 g/mol. The van der Waals surface area contributed by atoms with Crippen LogP contribution in [0.2, 0.25) is 0 Å². The van der Waals surface area contributed by atoms with E-state index < -0.39 is 0 Å². The summed E-state index contributed by atoms with van der Waals surface area (Å²) in [6.07, 6.45) is 0.242. The van der Waals surface area contributed by atoms with Gasteiger partial charge < -0.3 is 0 Å². The molecule has 0 amide bonds. The van der Waals surface area contributed by atoms with Crippen molar-refractivity contribution < 1.29 is 9.48 Å². The maximum Gasteiger partial charge on any atom is 0.300 e. The van der Waals surface area contributed by atoms with Gasteiger partial charge in [-0.2, -0.15) is 0 Å². The zero-order valence-electron chi connectivity index (χ0n) is 11.3. The first-order valence-electron chi connectivity index (χ1n) is 6.90. The number of hydrogen-bond donors (Lipinski definition) is 0. The molecule has 4 atom stereocenters. The molecule has 0 saturated carbocycles. The third kappa shape index (κ3) is 1.44. The molecule has 2 nitrogen and oxygen atoms in total. The fourth-order valence-corrected chi connectivity index (χ4v) is 3.52. The standard InChI is InChI=1S/C17H18NO/c1-12-16(13-8-4-3-5-9-13)14-10-6-7-11-15(14)17-18(12,2)19-17/h3-12,16-17H,1-2H3/q+1/t12-,16+,17+,18?/m1/s1. The van der Waals surface area contributed by atoms with E-state index in [-0.39, 0.29) is 6.23 Å². The molecule has 0 spiro atoms. The molecule has 2 heterocycles. The molecule has 4 rings (SSSR count). The van der Waals surface area contributed by atoms with Crippen LogP contribution >= 0.6 is 0 Å². The summed E-state index contributed by atoms with van der Waals surface area (Å²) in [5.41, 5.74) is 4.17. The van der Waals surface area contributed by atoms with E-state index in [1.54, 1.807) is 0 Å². The average molecular weight is 252 g/mol. The molecule has 0 radical (unpaired) electrons. The molecule has 19 heavy (non-hydrogen) atoms. The van der Waals surface area contributed by atoms with E-state index in [0.717, 1.165) is 4.65 Å². The van der Waals surface area contributed by atoms with Crippen molar-refractivity contribution in [3.05, 3.63) is 71.3 Å². The largest absolute Gasteiger partial charge is 0.300 e. The molecular formula is C17H18NO+. The van der Waals surface area contributed by atoms with Crippen LogP contribution in [0.25, 0.3) is 0 Å². The molecule has 0 N–H and O–H groups in total. The third-order valence-electron chi connectivity index (χ3n) is 4.79. The summed E-state index contributed by atoms with van der Waals surface area (Å²) in [6.45, 7) is 2.30. The van der Waals surface area contributed by atoms with Crippen molar-refractivity contribution in [1.29, 1.82) is 0 Å². The van der Waals surface area contributed by atoms with Gasteiger partial charge in [0.1, 0.15) is 13.1 Å². The fourth-order valence-electron chi connectivity index (χ4n) is 3.52. The van der Waals surface area contributed by atoms with Crippen molar-refractivity contribution in [3.63, 3.8) is 0 Å². The van der Waals surface area contributed by atoms with E-state index >= 15 is 0 Å². The number of likely N-dealkylation sites (N-methyl/N-ethyl adjacent to an activating group) is 1. The minimum atomic E-state index is 0.242. The van der Waals surface area contributed by atoms with Crippen LogP contribution in [0.4, 0.5) is 0 Å². The summed E-state index contributed by atoms with van der Waals surface area (Å²) in [5, 5.41) is 0. The van der Waals surface area contributed by atoms with Crippen LogP contribution in [0.3, 0.4) is 0 Å². The highest BCUT2D eigenvalue weighted by atomic mass is 16.9. The maximum atomic E-state index is 5.99. The first-order valence-corrected chi connectivity index (χ1v) is 6.90. The van der Waals surface area contributed by atoms with Gasteiger partial charge in [0.25, 0.3) is 6.23 Å². The van der Waals surface area contributed by atoms with Crippen molar-refractivity contribution in [2.24, 2.45) is 0 Å². The van der Waals surface area contributed by atoms with Gasteiger partial charge in [0.05, 0.1) is 11.5 Å². The Balaban J connectivity index is 1.91. The summed E-state index contributed by atoms with van der Waals surface area (Å²) < 4.78 is 0.719. The lowest BCUT2D eigenvalue weighted by Crippen LogP contribution is -2.40. The summed E-state index contributed by atoms with van der Waals surface area (Å²) in [4.78, 5) is 5.99. The van der Waals surface area contributed by atoms with E-state index in [0.29, 0.717) is 12.0 Å². The lowest BCUT2D eigenvalue weighted by molar-refractivity contribution is -0.929. The maximum absolute atomic E-state index is 5.99. The lowest BCUT2D eigenvalue weighted by Gasteiger charge is -2.31. The first kappa shape index (κ1) is 11.2. The number of benzene rings is 2. The van der Waals surface area contributed by atoms with E-state index in [2.05, 4.69) is 68.6 Å². The van der Waals surface area contributed by atoms with Crippen LogP contribution in [0.5, 0.6) is 0 Å². The highest BCUT2D eigenvalue weighted by Crippen LogP contribution is 2.57. The number of fused-ring (bicyclic) bond motifs is 3. The molecule has 2 aliphatic heterocycles. The molecule has 2 heteroatoms. The molecule has 0 aliphatic carbocycles. The minimum Gasteiger partial charge on any atom is -0.139 e. The molecular weight excluding hydrogens is 234 g/mol. The van der Waals surface area contributed by atoms with Crippen LogP contribution < -0.4 is 0 Å². The van der Waals surface area contributed by atoms with E-state index in [1.807, 2.05) is 0 Å². The van der Waals surface area contributed by atoms with E-state index in [1.165, 1.54) is 16.7 Å². The quantitative estimate of drug-likeness (QED) is 0.558. The normalized spacial score (nSPS) is 35.4. The van der Waals surface area contributed by atoms with Gasteiger partial charge in [-0.05, 0) is 24.1 Å². The van der Waals surface area contributed by atoms with E-state index in [9.17, 15) is 0 Å². The Kier molecular flexibility index (Phi) is 2.17. The first-order chi connectivity index (χ1) is 9.22. The topological polar surface area (TPSA) is 12.5 Å². The highest BCUT2D eigenvalue weighted by molar-refractivity contribution is 5.41. The van der Waals surface area contributed by atoms with Crippen LogP contribution in [0.15, 0.2) is 54.6 Å². The summed E-state index contributed by atoms with van der Waals surface area (Å²) in [7, 11) is 2.20. The van der Waals surface area contributed by atoms with Crippen molar-refractivity contribution in [1.82, 2.24) is 0 Å². The SMILES string of the molecule is C[C@@H]1[C@@H](c2ccccc2)c2ccccc2[C@@H]2O[N+]12C. The Morgan fingerprint density at radius 2 is 1.53 bits per heavy atom. The molecule has 2 aromatic carbocycles. The van der Waals surface area contributed by atoms with Crippen LogP contribution in [-0.4, -0.2) is 17.7 Å². The molecule has 96 valence electrons. The molecule has 0 aromatic heterocycles. The van der Waals surface area contributed by atoms with Crippen molar-refractivity contribution in [3.8, 4) is 0 Å². The number of quaternary nitrogens is 1. The zero-order chi connectivity index (χ0) is 13.0. The Labute approximate surface area is 113 Å². The number of hydrogen-bond acceptors (Lipinski definition) is 1. The lowest BCUT2D eigenvalue weighted by atomic mass is 9.80. The van der Waals surface area contributed by atoms with Gasteiger partial charge >= 0.3 is 0 Å². The van der Waals surface area contributed by atoms with Gasteiger partial charge in [-0.25, -0.2) is 0 Å². The number of nitrogens with zero attached hydrogens (tertiary/aromatic N) is 1. The predicted octanol–water partition coefficient (Wildman–Crippen LogP) is 3.61.